The van der Waals surface area contributed by atoms with Gasteiger partial charge in [-0.2, -0.15) is 0 Å². The van der Waals surface area contributed by atoms with Gasteiger partial charge in [0.2, 0.25) is 0 Å². The number of aryl methyl sites for hydroxylation is 1. The van der Waals surface area contributed by atoms with Gasteiger partial charge in [0.25, 0.3) is 5.91 Å². The Balaban J connectivity index is 1.68. The van der Waals surface area contributed by atoms with E-state index in [4.69, 9.17) is 4.74 Å². The average molecular weight is 321 g/mol. The van der Waals surface area contributed by atoms with Crippen molar-refractivity contribution >= 4 is 11.9 Å². The third-order valence-electron chi connectivity index (χ3n) is 4.90. The lowest BCUT2D eigenvalue weighted by Crippen LogP contribution is -2.45. The van der Waals surface area contributed by atoms with Crippen molar-refractivity contribution in [2.24, 2.45) is 11.8 Å². The molecule has 3 atom stereocenters. The summed E-state index contributed by atoms with van der Waals surface area (Å²) >= 11 is 0. The number of aliphatic carboxylic acids is 1. The molecular formula is C17H20FNO4. The van der Waals surface area contributed by atoms with Crippen molar-refractivity contribution in [3.63, 3.8) is 0 Å². The molecular weight excluding hydrogens is 301 g/mol. The number of carboxylic acids is 1. The average Bonchev–Trinajstić information content (AvgIpc) is 3.07. The van der Waals surface area contributed by atoms with Crippen molar-refractivity contribution in [1.82, 2.24) is 4.90 Å². The standard InChI is InChI=1S/C17H20FNO4/c1-10-5-6-13(18)14(7-10)23-9-15(20)19-8-11-3-2-4-12(11)16(19)17(21)22/h5-7,11-12,16H,2-4,8-9H2,1H3,(H,21,22)/t11-,12+,16+/m0/s1. The molecule has 23 heavy (non-hydrogen) atoms. The first-order valence-electron chi connectivity index (χ1n) is 7.88. The molecule has 6 heteroatoms. The zero-order valence-electron chi connectivity index (χ0n) is 13.0. The number of benzene rings is 1. The van der Waals surface area contributed by atoms with E-state index in [0.29, 0.717) is 6.54 Å². The van der Waals surface area contributed by atoms with E-state index in [9.17, 15) is 19.1 Å². The molecule has 5 nitrogen and oxygen atoms in total. The second-order valence-corrected chi connectivity index (χ2v) is 6.41. The minimum Gasteiger partial charge on any atom is -0.481 e. The normalized spacial score (nSPS) is 26.2. The van der Waals surface area contributed by atoms with E-state index in [0.717, 1.165) is 24.8 Å². The van der Waals surface area contributed by atoms with E-state index in [1.54, 1.807) is 13.0 Å². The zero-order valence-corrected chi connectivity index (χ0v) is 13.0. The van der Waals surface area contributed by atoms with Gasteiger partial charge in [-0.1, -0.05) is 12.5 Å². The summed E-state index contributed by atoms with van der Waals surface area (Å²) in [6, 6.07) is 3.65. The highest BCUT2D eigenvalue weighted by Crippen LogP contribution is 2.42. The van der Waals surface area contributed by atoms with E-state index < -0.39 is 23.7 Å². The second-order valence-electron chi connectivity index (χ2n) is 6.41. The topological polar surface area (TPSA) is 66.8 Å². The number of hydrogen-bond acceptors (Lipinski definition) is 3. The molecule has 0 aromatic heterocycles. The number of carbonyl (C=O) groups excluding carboxylic acids is 1. The maximum atomic E-state index is 13.6. The number of amides is 1. The van der Waals surface area contributed by atoms with Crippen LogP contribution in [0.4, 0.5) is 4.39 Å². The van der Waals surface area contributed by atoms with Crippen molar-refractivity contribution in [1.29, 1.82) is 0 Å². The quantitative estimate of drug-likeness (QED) is 0.923. The van der Waals surface area contributed by atoms with Gasteiger partial charge in [-0.05, 0) is 49.3 Å². The van der Waals surface area contributed by atoms with Gasteiger partial charge in [0.15, 0.2) is 18.2 Å². The van der Waals surface area contributed by atoms with Gasteiger partial charge < -0.3 is 14.7 Å². The summed E-state index contributed by atoms with van der Waals surface area (Å²) in [4.78, 5) is 25.3. The third kappa shape index (κ3) is 3.02. The summed E-state index contributed by atoms with van der Waals surface area (Å²) in [6.45, 7) is 1.92. The monoisotopic (exact) mass is 321 g/mol. The minimum atomic E-state index is -0.963. The SMILES string of the molecule is Cc1ccc(F)c(OCC(=O)N2C[C@@H]3CCC[C@H]3[C@@H]2C(=O)O)c1. The van der Waals surface area contributed by atoms with Crippen LogP contribution >= 0.6 is 0 Å². The van der Waals surface area contributed by atoms with Gasteiger partial charge in [-0.3, -0.25) is 4.79 Å². The van der Waals surface area contributed by atoms with Crippen LogP contribution in [0.5, 0.6) is 5.75 Å². The summed E-state index contributed by atoms with van der Waals surface area (Å²) in [6.07, 6.45) is 2.83. The van der Waals surface area contributed by atoms with Gasteiger partial charge in [0, 0.05) is 6.54 Å². The van der Waals surface area contributed by atoms with Crippen LogP contribution in [0.3, 0.4) is 0 Å². The van der Waals surface area contributed by atoms with E-state index in [1.165, 1.54) is 17.0 Å². The number of ether oxygens (including phenoxy) is 1. The summed E-state index contributed by atoms with van der Waals surface area (Å²) in [5, 5.41) is 9.45. The van der Waals surface area contributed by atoms with Crippen molar-refractivity contribution < 1.29 is 23.8 Å². The molecule has 1 heterocycles. The summed E-state index contributed by atoms with van der Waals surface area (Å²) in [7, 11) is 0. The Labute approximate surface area is 134 Å². The fourth-order valence-corrected chi connectivity index (χ4v) is 3.82. The highest BCUT2D eigenvalue weighted by Gasteiger charge is 2.49. The molecule has 1 aromatic rings. The summed E-state index contributed by atoms with van der Waals surface area (Å²) < 4.78 is 18.9. The summed E-state index contributed by atoms with van der Waals surface area (Å²) in [5.41, 5.74) is 0.827. The smallest absolute Gasteiger partial charge is 0.326 e. The number of likely N-dealkylation sites (tertiary alicyclic amines) is 1. The molecule has 0 unspecified atom stereocenters. The minimum absolute atomic E-state index is 0.0182. The Hall–Kier alpha value is -2.11. The van der Waals surface area contributed by atoms with Crippen LogP contribution in [0.15, 0.2) is 18.2 Å². The third-order valence-corrected chi connectivity index (χ3v) is 4.90. The van der Waals surface area contributed by atoms with E-state index in [2.05, 4.69) is 0 Å². The van der Waals surface area contributed by atoms with Crippen LogP contribution in [-0.2, 0) is 9.59 Å². The fourth-order valence-electron chi connectivity index (χ4n) is 3.82. The summed E-state index contributed by atoms with van der Waals surface area (Å²) in [5.74, 6) is -1.58. The number of hydrogen-bond donors (Lipinski definition) is 1. The van der Waals surface area contributed by atoms with Gasteiger partial charge in [-0.25, -0.2) is 9.18 Å². The molecule has 1 saturated heterocycles. The highest BCUT2D eigenvalue weighted by atomic mass is 19.1. The first kappa shape index (κ1) is 15.8. The highest BCUT2D eigenvalue weighted by molar-refractivity contribution is 5.85. The Kier molecular flexibility index (Phi) is 4.24. The maximum absolute atomic E-state index is 13.6. The molecule has 1 N–H and O–H groups in total. The first-order valence-corrected chi connectivity index (χ1v) is 7.88. The van der Waals surface area contributed by atoms with Crippen LogP contribution in [-0.4, -0.2) is 41.1 Å². The second kappa shape index (κ2) is 6.18. The van der Waals surface area contributed by atoms with E-state index in [1.807, 2.05) is 0 Å². The molecule has 1 aliphatic heterocycles. The van der Waals surface area contributed by atoms with Crippen LogP contribution in [0.25, 0.3) is 0 Å². The van der Waals surface area contributed by atoms with Crippen molar-refractivity contribution in [3.05, 3.63) is 29.6 Å². The Morgan fingerprint density at radius 3 is 2.91 bits per heavy atom. The van der Waals surface area contributed by atoms with Crippen molar-refractivity contribution in [2.75, 3.05) is 13.2 Å². The first-order chi connectivity index (χ1) is 11.0. The van der Waals surface area contributed by atoms with Gasteiger partial charge in [0.1, 0.15) is 6.04 Å². The van der Waals surface area contributed by atoms with E-state index in [-0.39, 0.29) is 24.2 Å². The molecule has 1 aromatic carbocycles. The molecule has 1 saturated carbocycles. The lowest BCUT2D eigenvalue weighted by Gasteiger charge is -2.24. The van der Waals surface area contributed by atoms with Crippen LogP contribution in [0, 0.1) is 24.6 Å². The predicted octanol–water partition coefficient (Wildman–Crippen LogP) is 2.22. The molecule has 124 valence electrons. The maximum Gasteiger partial charge on any atom is 0.326 e. The lowest BCUT2D eigenvalue weighted by molar-refractivity contribution is -0.150. The molecule has 0 spiro atoms. The number of nitrogens with zero attached hydrogens (tertiary/aromatic N) is 1. The van der Waals surface area contributed by atoms with Crippen LogP contribution in [0.2, 0.25) is 0 Å². The predicted molar refractivity (Wildman–Crippen MR) is 80.6 cm³/mol. The molecule has 2 fully saturated rings. The van der Waals surface area contributed by atoms with Crippen molar-refractivity contribution in [2.45, 2.75) is 32.2 Å². The molecule has 0 radical (unpaired) electrons. The molecule has 0 bridgehead atoms. The molecule has 3 rings (SSSR count). The number of halogens is 1. The van der Waals surface area contributed by atoms with Crippen LogP contribution in [0.1, 0.15) is 24.8 Å². The van der Waals surface area contributed by atoms with Gasteiger partial charge in [0.05, 0.1) is 0 Å². The fraction of sp³-hybridized carbons (Fsp3) is 0.529. The van der Waals surface area contributed by atoms with Crippen molar-refractivity contribution in [3.8, 4) is 5.75 Å². The number of carboxylic acid groups (broad SMARTS) is 1. The molecule has 2 aliphatic rings. The molecule has 1 amide bonds. The Bertz CT molecular complexity index is 633. The number of carbonyl (C=O) groups is 2. The van der Waals surface area contributed by atoms with E-state index >= 15 is 0 Å². The van der Waals surface area contributed by atoms with Gasteiger partial charge >= 0.3 is 5.97 Å². The Morgan fingerprint density at radius 2 is 2.17 bits per heavy atom. The number of rotatable bonds is 4. The lowest BCUT2D eigenvalue weighted by atomic mass is 9.94. The van der Waals surface area contributed by atoms with Gasteiger partial charge in [-0.15, -0.1) is 0 Å². The largest absolute Gasteiger partial charge is 0.481 e. The Morgan fingerprint density at radius 1 is 1.39 bits per heavy atom. The van der Waals surface area contributed by atoms with Crippen LogP contribution < -0.4 is 4.74 Å². The number of fused-ring (bicyclic) bond motifs is 1. The molecule has 1 aliphatic carbocycles. The zero-order chi connectivity index (χ0) is 16.6.